The van der Waals surface area contributed by atoms with Crippen LogP contribution in [0.3, 0.4) is 0 Å². The fraction of sp³-hybridized carbons (Fsp3) is 0.750. The number of aromatic nitrogens is 2. The second kappa shape index (κ2) is 6.47. The Kier molecular flexibility index (Phi) is 5.48. The SMILES string of the molecule is Cc1nc(CC(C)(C)C)nc(C)c1CNCC(C)C. The van der Waals surface area contributed by atoms with Gasteiger partial charge in [-0.3, -0.25) is 0 Å². The van der Waals surface area contributed by atoms with E-state index in [4.69, 9.17) is 0 Å². The molecule has 0 unspecified atom stereocenters. The molecule has 3 heteroatoms. The zero-order chi connectivity index (χ0) is 14.6. The van der Waals surface area contributed by atoms with Gasteiger partial charge in [-0.15, -0.1) is 0 Å². The summed E-state index contributed by atoms with van der Waals surface area (Å²) in [7, 11) is 0. The topological polar surface area (TPSA) is 37.8 Å². The van der Waals surface area contributed by atoms with Crippen LogP contribution in [0.5, 0.6) is 0 Å². The molecular formula is C16H29N3. The standard InChI is InChI=1S/C16H29N3/c1-11(2)9-17-10-14-12(3)18-15(19-13(14)4)8-16(5,6)7/h11,17H,8-10H2,1-7H3. The fourth-order valence-corrected chi connectivity index (χ4v) is 2.10. The predicted molar refractivity (Wildman–Crippen MR) is 81.2 cm³/mol. The normalized spacial score (nSPS) is 12.2. The Labute approximate surface area is 118 Å². The Morgan fingerprint density at radius 1 is 1.05 bits per heavy atom. The molecule has 0 saturated carbocycles. The van der Waals surface area contributed by atoms with E-state index in [-0.39, 0.29) is 5.41 Å². The zero-order valence-electron chi connectivity index (χ0n) is 13.6. The van der Waals surface area contributed by atoms with Crippen LogP contribution in [0.1, 0.15) is 57.4 Å². The Hall–Kier alpha value is -0.960. The smallest absolute Gasteiger partial charge is 0.129 e. The van der Waals surface area contributed by atoms with Gasteiger partial charge in [0, 0.05) is 29.9 Å². The predicted octanol–water partition coefficient (Wildman–Crippen LogP) is 3.43. The molecule has 3 nitrogen and oxygen atoms in total. The molecule has 1 heterocycles. The Bertz CT molecular complexity index is 393. The summed E-state index contributed by atoms with van der Waals surface area (Å²) in [4.78, 5) is 9.33. The number of nitrogens with one attached hydrogen (secondary N) is 1. The molecule has 108 valence electrons. The molecule has 0 aliphatic rings. The van der Waals surface area contributed by atoms with Gasteiger partial charge >= 0.3 is 0 Å². The third-order valence-electron chi connectivity index (χ3n) is 3.01. The molecule has 0 bridgehead atoms. The Morgan fingerprint density at radius 2 is 1.58 bits per heavy atom. The summed E-state index contributed by atoms with van der Waals surface area (Å²) in [5.74, 6) is 1.64. The van der Waals surface area contributed by atoms with Gasteiger partial charge in [-0.05, 0) is 31.7 Å². The number of nitrogens with zero attached hydrogens (tertiary/aromatic N) is 2. The summed E-state index contributed by atoms with van der Waals surface area (Å²) >= 11 is 0. The molecule has 0 radical (unpaired) electrons. The van der Waals surface area contributed by atoms with Gasteiger partial charge in [-0.25, -0.2) is 9.97 Å². The third kappa shape index (κ3) is 5.68. The summed E-state index contributed by atoms with van der Waals surface area (Å²) in [5, 5.41) is 3.47. The van der Waals surface area contributed by atoms with E-state index in [0.29, 0.717) is 5.92 Å². The summed E-state index contributed by atoms with van der Waals surface area (Å²) in [6, 6.07) is 0. The molecule has 0 aliphatic heterocycles. The first-order valence-electron chi connectivity index (χ1n) is 7.23. The van der Waals surface area contributed by atoms with Gasteiger partial charge in [0.1, 0.15) is 5.82 Å². The lowest BCUT2D eigenvalue weighted by Crippen LogP contribution is -2.21. The van der Waals surface area contributed by atoms with Gasteiger partial charge in [0.05, 0.1) is 0 Å². The molecule has 0 aliphatic carbocycles. The van der Waals surface area contributed by atoms with E-state index in [1.807, 2.05) is 0 Å². The minimum atomic E-state index is 0.232. The second-order valence-corrected chi connectivity index (χ2v) is 7.05. The van der Waals surface area contributed by atoms with Crippen LogP contribution < -0.4 is 5.32 Å². The van der Waals surface area contributed by atoms with Crippen LogP contribution >= 0.6 is 0 Å². The highest BCUT2D eigenvalue weighted by atomic mass is 14.9. The van der Waals surface area contributed by atoms with Crippen LogP contribution in [-0.4, -0.2) is 16.5 Å². The lowest BCUT2D eigenvalue weighted by atomic mass is 9.92. The summed E-state index contributed by atoms with van der Waals surface area (Å²) in [6.07, 6.45) is 0.925. The second-order valence-electron chi connectivity index (χ2n) is 7.05. The number of aryl methyl sites for hydroxylation is 2. The number of hydrogen-bond acceptors (Lipinski definition) is 3. The zero-order valence-corrected chi connectivity index (χ0v) is 13.6. The average molecular weight is 263 g/mol. The van der Waals surface area contributed by atoms with Crippen molar-refractivity contribution in [1.29, 1.82) is 0 Å². The molecule has 1 aromatic heterocycles. The van der Waals surface area contributed by atoms with Crippen molar-refractivity contribution in [3.8, 4) is 0 Å². The Balaban J connectivity index is 2.80. The minimum Gasteiger partial charge on any atom is -0.312 e. The van der Waals surface area contributed by atoms with E-state index < -0.39 is 0 Å². The largest absolute Gasteiger partial charge is 0.312 e. The lowest BCUT2D eigenvalue weighted by Gasteiger charge is -2.18. The highest BCUT2D eigenvalue weighted by Gasteiger charge is 2.15. The van der Waals surface area contributed by atoms with E-state index in [0.717, 1.165) is 36.7 Å². The maximum absolute atomic E-state index is 4.67. The number of rotatable bonds is 5. The molecule has 0 atom stereocenters. The van der Waals surface area contributed by atoms with Gasteiger partial charge in [0.2, 0.25) is 0 Å². The van der Waals surface area contributed by atoms with E-state index in [1.165, 1.54) is 5.56 Å². The van der Waals surface area contributed by atoms with Crippen LogP contribution in [-0.2, 0) is 13.0 Å². The van der Waals surface area contributed by atoms with E-state index in [9.17, 15) is 0 Å². The first kappa shape index (κ1) is 16.1. The van der Waals surface area contributed by atoms with Gasteiger partial charge in [-0.1, -0.05) is 34.6 Å². The van der Waals surface area contributed by atoms with Crippen molar-refractivity contribution in [3.05, 3.63) is 22.8 Å². The van der Waals surface area contributed by atoms with Crippen molar-refractivity contribution in [2.75, 3.05) is 6.54 Å². The van der Waals surface area contributed by atoms with E-state index in [2.05, 4.69) is 63.8 Å². The molecule has 1 rings (SSSR count). The highest BCUT2D eigenvalue weighted by Crippen LogP contribution is 2.20. The molecule has 1 N–H and O–H groups in total. The van der Waals surface area contributed by atoms with Gasteiger partial charge in [0.15, 0.2) is 0 Å². The maximum atomic E-state index is 4.67. The quantitative estimate of drug-likeness (QED) is 0.884. The minimum absolute atomic E-state index is 0.232. The fourth-order valence-electron chi connectivity index (χ4n) is 2.10. The van der Waals surface area contributed by atoms with Gasteiger partial charge in [-0.2, -0.15) is 0 Å². The van der Waals surface area contributed by atoms with Crippen molar-refractivity contribution in [2.45, 2.75) is 61.4 Å². The highest BCUT2D eigenvalue weighted by molar-refractivity contribution is 5.24. The molecule has 0 spiro atoms. The van der Waals surface area contributed by atoms with Crippen LogP contribution in [0.15, 0.2) is 0 Å². The summed E-state index contributed by atoms with van der Waals surface area (Å²) in [6.45, 7) is 17.2. The van der Waals surface area contributed by atoms with Crippen LogP contribution in [0.4, 0.5) is 0 Å². The average Bonchev–Trinajstić information content (AvgIpc) is 2.19. The monoisotopic (exact) mass is 263 g/mol. The maximum Gasteiger partial charge on any atom is 0.129 e. The van der Waals surface area contributed by atoms with Crippen molar-refractivity contribution in [3.63, 3.8) is 0 Å². The lowest BCUT2D eigenvalue weighted by molar-refractivity contribution is 0.399. The van der Waals surface area contributed by atoms with E-state index >= 15 is 0 Å². The molecule has 0 aromatic carbocycles. The third-order valence-corrected chi connectivity index (χ3v) is 3.01. The van der Waals surface area contributed by atoms with Crippen LogP contribution in [0.2, 0.25) is 0 Å². The summed E-state index contributed by atoms with van der Waals surface area (Å²) < 4.78 is 0. The Morgan fingerprint density at radius 3 is 2.00 bits per heavy atom. The van der Waals surface area contributed by atoms with Crippen LogP contribution in [0, 0.1) is 25.2 Å². The summed E-state index contributed by atoms with van der Waals surface area (Å²) in [5.41, 5.74) is 3.71. The number of hydrogen-bond donors (Lipinski definition) is 1. The van der Waals surface area contributed by atoms with Gasteiger partial charge < -0.3 is 5.32 Å². The molecule has 0 saturated heterocycles. The van der Waals surface area contributed by atoms with Crippen molar-refractivity contribution in [2.24, 2.45) is 11.3 Å². The first-order chi connectivity index (χ1) is 8.69. The molecule has 0 amide bonds. The molecular weight excluding hydrogens is 234 g/mol. The van der Waals surface area contributed by atoms with Crippen molar-refractivity contribution < 1.29 is 0 Å². The molecule has 0 fully saturated rings. The first-order valence-corrected chi connectivity index (χ1v) is 7.23. The van der Waals surface area contributed by atoms with E-state index in [1.54, 1.807) is 0 Å². The van der Waals surface area contributed by atoms with Crippen molar-refractivity contribution in [1.82, 2.24) is 15.3 Å². The van der Waals surface area contributed by atoms with Gasteiger partial charge in [0.25, 0.3) is 0 Å². The van der Waals surface area contributed by atoms with Crippen molar-refractivity contribution >= 4 is 0 Å². The molecule has 19 heavy (non-hydrogen) atoms. The molecule has 1 aromatic rings. The van der Waals surface area contributed by atoms with Crippen LogP contribution in [0.25, 0.3) is 0 Å².